The lowest BCUT2D eigenvalue weighted by Crippen LogP contribution is -2.26. The smallest absolute Gasteiger partial charge is 0.0713 e. The highest BCUT2D eigenvalue weighted by Gasteiger charge is 2.17. The molecule has 2 aromatic carbocycles. The van der Waals surface area contributed by atoms with Crippen LogP contribution in [0.25, 0.3) is 21.8 Å². The Hall–Kier alpha value is -1.93. The van der Waals surface area contributed by atoms with E-state index in [1.54, 1.807) is 0 Å². The molecule has 0 amide bonds. The van der Waals surface area contributed by atoms with Crippen LogP contribution in [0.1, 0.15) is 30.9 Å². The number of nitrogens with one attached hydrogen (secondary N) is 1. The van der Waals surface area contributed by atoms with E-state index < -0.39 is 0 Å². The van der Waals surface area contributed by atoms with Gasteiger partial charge in [0.2, 0.25) is 0 Å². The summed E-state index contributed by atoms with van der Waals surface area (Å²) < 4.78 is 0. The predicted molar refractivity (Wildman–Crippen MR) is 83.8 cm³/mol. The molecule has 100 valence electrons. The van der Waals surface area contributed by atoms with Crippen LogP contribution in [-0.2, 0) is 0 Å². The molecule has 0 bridgehead atoms. The van der Waals surface area contributed by atoms with Gasteiger partial charge in [-0.2, -0.15) is 0 Å². The number of pyridine rings is 1. The highest BCUT2D eigenvalue weighted by Crippen LogP contribution is 2.30. The number of fused-ring (bicyclic) bond motifs is 2. The van der Waals surface area contributed by atoms with Crippen molar-refractivity contribution in [3.63, 3.8) is 0 Å². The normalized spacial score (nSPS) is 19.5. The van der Waals surface area contributed by atoms with Crippen molar-refractivity contribution < 1.29 is 0 Å². The number of aromatic nitrogens is 1. The molecule has 1 atom stereocenters. The van der Waals surface area contributed by atoms with E-state index in [0.29, 0.717) is 6.04 Å². The van der Waals surface area contributed by atoms with E-state index in [1.807, 2.05) is 6.07 Å². The minimum absolute atomic E-state index is 0.482. The van der Waals surface area contributed by atoms with Gasteiger partial charge in [0.1, 0.15) is 0 Å². The number of rotatable bonds is 1. The zero-order chi connectivity index (χ0) is 13.4. The van der Waals surface area contributed by atoms with Crippen molar-refractivity contribution in [1.82, 2.24) is 10.3 Å². The second-order valence-electron chi connectivity index (χ2n) is 5.60. The molecule has 1 unspecified atom stereocenters. The van der Waals surface area contributed by atoms with Crippen LogP contribution < -0.4 is 5.32 Å². The van der Waals surface area contributed by atoms with Crippen molar-refractivity contribution in [2.75, 3.05) is 6.54 Å². The molecule has 1 saturated heterocycles. The van der Waals surface area contributed by atoms with E-state index in [2.05, 4.69) is 47.8 Å². The van der Waals surface area contributed by atoms with E-state index in [4.69, 9.17) is 4.98 Å². The van der Waals surface area contributed by atoms with Crippen LogP contribution in [0.2, 0.25) is 0 Å². The van der Waals surface area contributed by atoms with Gasteiger partial charge in [-0.25, -0.2) is 4.98 Å². The Morgan fingerprint density at radius 1 is 0.950 bits per heavy atom. The van der Waals surface area contributed by atoms with E-state index in [1.165, 1.54) is 35.6 Å². The molecular formula is C18H18N2. The molecule has 1 fully saturated rings. The van der Waals surface area contributed by atoms with Crippen molar-refractivity contribution in [3.8, 4) is 0 Å². The molecule has 20 heavy (non-hydrogen) atoms. The second-order valence-corrected chi connectivity index (χ2v) is 5.60. The number of para-hydroxylation sites is 1. The van der Waals surface area contributed by atoms with Gasteiger partial charge in [0.05, 0.1) is 11.0 Å². The summed E-state index contributed by atoms with van der Waals surface area (Å²) in [6.45, 7) is 1.13. The first kappa shape index (κ1) is 11.9. The van der Waals surface area contributed by atoms with Crippen molar-refractivity contribution in [2.45, 2.75) is 25.3 Å². The molecule has 0 spiro atoms. The Morgan fingerprint density at radius 3 is 2.75 bits per heavy atom. The molecule has 0 saturated carbocycles. The summed E-state index contributed by atoms with van der Waals surface area (Å²) in [5.41, 5.74) is 3.59. The topological polar surface area (TPSA) is 24.9 Å². The van der Waals surface area contributed by atoms with Gasteiger partial charge in [-0.3, -0.25) is 0 Å². The van der Waals surface area contributed by atoms with Crippen molar-refractivity contribution in [2.24, 2.45) is 0 Å². The first-order valence-corrected chi connectivity index (χ1v) is 7.44. The van der Waals surface area contributed by atoms with Crippen LogP contribution in [0.15, 0.2) is 48.5 Å². The second kappa shape index (κ2) is 4.88. The highest BCUT2D eigenvalue weighted by molar-refractivity contribution is 5.94. The fourth-order valence-corrected chi connectivity index (χ4v) is 3.24. The summed E-state index contributed by atoms with van der Waals surface area (Å²) in [4.78, 5) is 4.81. The maximum Gasteiger partial charge on any atom is 0.0713 e. The molecule has 4 rings (SSSR count). The summed E-state index contributed by atoms with van der Waals surface area (Å²) in [5.74, 6) is 0. The predicted octanol–water partition coefficient (Wildman–Crippen LogP) is 4.20. The van der Waals surface area contributed by atoms with Gasteiger partial charge >= 0.3 is 0 Å². The molecule has 3 aromatic rings. The number of hydrogen-bond acceptors (Lipinski definition) is 2. The van der Waals surface area contributed by atoms with Crippen molar-refractivity contribution in [1.29, 1.82) is 0 Å². The third kappa shape index (κ3) is 1.97. The largest absolute Gasteiger partial charge is 0.310 e. The van der Waals surface area contributed by atoms with Crippen molar-refractivity contribution in [3.05, 3.63) is 54.1 Å². The van der Waals surface area contributed by atoms with Crippen molar-refractivity contribution >= 4 is 21.8 Å². The lowest BCUT2D eigenvalue weighted by Gasteiger charge is -2.25. The van der Waals surface area contributed by atoms with Gasteiger partial charge in [0.25, 0.3) is 0 Å². The SMILES string of the molecule is c1ccc2nc3cccc(C4CCCCN4)c3cc2c1. The van der Waals surface area contributed by atoms with Crippen LogP contribution in [0.3, 0.4) is 0 Å². The zero-order valence-electron chi connectivity index (χ0n) is 11.5. The monoisotopic (exact) mass is 262 g/mol. The molecule has 2 heteroatoms. The Balaban J connectivity index is 1.94. The fourth-order valence-electron chi connectivity index (χ4n) is 3.24. The molecular weight excluding hydrogens is 244 g/mol. The molecule has 1 aliphatic heterocycles. The Bertz CT molecular complexity index is 758. The van der Waals surface area contributed by atoms with E-state index in [-0.39, 0.29) is 0 Å². The minimum Gasteiger partial charge on any atom is -0.310 e. The first-order chi connectivity index (χ1) is 9.92. The summed E-state index contributed by atoms with van der Waals surface area (Å²) >= 11 is 0. The van der Waals surface area contributed by atoms with Crippen LogP contribution in [0, 0.1) is 0 Å². The summed E-state index contributed by atoms with van der Waals surface area (Å²) in [6, 6.07) is 17.6. The minimum atomic E-state index is 0.482. The zero-order valence-corrected chi connectivity index (χ0v) is 11.5. The Kier molecular flexibility index (Phi) is 2.89. The van der Waals surface area contributed by atoms with Crippen LogP contribution in [0.4, 0.5) is 0 Å². The van der Waals surface area contributed by atoms with Gasteiger partial charge in [-0.15, -0.1) is 0 Å². The molecule has 2 nitrogen and oxygen atoms in total. The average Bonchev–Trinajstić information content (AvgIpc) is 2.53. The molecule has 1 aromatic heterocycles. The van der Waals surface area contributed by atoms with Gasteiger partial charge in [0, 0.05) is 16.8 Å². The maximum absolute atomic E-state index is 4.81. The summed E-state index contributed by atoms with van der Waals surface area (Å²) in [5, 5.41) is 6.17. The number of nitrogens with zero attached hydrogens (tertiary/aromatic N) is 1. The van der Waals surface area contributed by atoms with Crippen LogP contribution in [0.5, 0.6) is 0 Å². The fraction of sp³-hybridized carbons (Fsp3) is 0.278. The lowest BCUT2D eigenvalue weighted by molar-refractivity contribution is 0.414. The van der Waals surface area contributed by atoms with Crippen LogP contribution >= 0.6 is 0 Å². The summed E-state index contributed by atoms with van der Waals surface area (Å²) in [7, 11) is 0. The average molecular weight is 262 g/mol. The highest BCUT2D eigenvalue weighted by atomic mass is 14.9. The molecule has 2 heterocycles. The Labute approximate surface area is 118 Å². The maximum atomic E-state index is 4.81. The van der Waals surface area contributed by atoms with Gasteiger partial charge in [-0.1, -0.05) is 36.8 Å². The van der Waals surface area contributed by atoms with Crippen LogP contribution in [-0.4, -0.2) is 11.5 Å². The molecule has 0 aliphatic carbocycles. The van der Waals surface area contributed by atoms with Gasteiger partial charge < -0.3 is 5.32 Å². The standard InChI is InChI=1S/C18H18N2/c1-2-8-16-13(6-1)12-15-14(7-5-10-18(15)20-16)17-9-3-4-11-19-17/h1-2,5-8,10,12,17,19H,3-4,9,11H2. The Morgan fingerprint density at radius 2 is 1.85 bits per heavy atom. The number of benzene rings is 2. The quantitative estimate of drug-likeness (QED) is 0.665. The number of piperidine rings is 1. The van der Waals surface area contributed by atoms with Gasteiger partial charge in [-0.05, 0) is 43.1 Å². The third-order valence-electron chi connectivity index (χ3n) is 4.28. The third-order valence-corrected chi connectivity index (χ3v) is 4.28. The van der Waals surface area contributed by atoms with Gasteiger partial charge in [0.15, 0.2) is 0 Å². The molecule has 0 radical (unpaired) electrons. The molecule has 1 N–H and O–H groups in total. The number of hydrogen-bond donors (Lipinski definition) is 1. The van der Waals surface area contributed by atoms with E-state index in [0.717, 1.165) is 17.6 Å². The summed E-state index contributed by atoms with van der Waals surface area (Å²) in [6.07, 6.45) is 3.84. The van der Waals surface area contributed by atoms with E-state index in [9.17, 15) is 0 Å². The molecule has 1 aliphatic rings. The first-order valence-electron chi connectivity index (χ1n) is 7.44. The van der Waals surface area contributed by atoms with E-state index >= 15 is 0 Å². The lowest BCUT2D eigenvalue weighted by atomic mass is 9.94.